The Morgan fingerprint density at radius 3 is 2.69 bits per heavy atom. The normalized spacial score (nSPS) is 10.9. The molecular formula is C13H16OS2. The van der Waals surface area contributed by atoms with Gasteiger partial charge in [-0.1, -0.05) is 54.2 Å². The Morgan fingerprint density at radius 2 is 2.06 bits per heavy atom. The molecule has 0 N–H and O–H groups in total. The lowest BCUT2D eigenvalue weighted by Gasteiger charge is -2.08. The number of benzene rings is 1. The minimum atomic E-state index is 0.165. The summed E-state index contributed by atoms with van der Waals surface area (Å²) in [6, 6.07) is 10.2. The highest BCUT2D eigenvalue weighted by Crippen LogP contribution is 2.09. The van der Waals surface area contributed by atoms with Crippen LogP contribution in [0.5, 0.6) is 0 Å². The van der Waals surface area contributed by atoms with E-state index in [-0.39, 0.29) is 6.10 Å². The molecule has 1 nitrogen and oxygen atoms in total. The van der Waals surface area contributed by atoms with Crippen molar-refractivity contribution in [2.45, 2.75) is 20.0 Å². The van der Waals surface area contributed by atoms with Crippen LogP contribution in [0.2, 0.25) is 0 Å². The van der Waals surface area contributed by atoms with Crippen molar-refractivity contribution in [2.24, 2.45) is 0 Å². The van der Waals surface area contributed by atoms with Crippen LogP contribution < -0.4 is 0 Å². The molecule has 0 saturated heterocycles. The molecular weight excluding hydrogens is 236 g/mol. The summed E-state index contributed by atoms with van der Waals surface area (Å²) < 4.78 is 5.98. The zero-order chi connectivity index (χ0) is 11.8. The summed E-state index contributed by atoms with van der Waals surface area (Å²) in [6.07, 6.45) is 4.35. The summed E-state index contributed by atoms with van der Waals surface area (Å²) in [5, 5.41) is 0. The first-order valence-electron chi connectivity index (χ1n) is 5.23. The molecule has 0 spiro atoms. The number of hydrogen-bond donors (Lipinski definition) is 0. The van der Waals surface area contributed by atoms with Gasteiger partial charge in [-0.25, -0.2) is 0 Å². The van der Waals surface area contributed by atoms with Crippen LogP contribution in [0.4, 0.5) is 0 Å². The van der Waals surface area contributed by atoms with E-state index in [9.17, 15) is 0 Å². The van der Waals surface area contributed by atoms with Gasteiger partial charge in [0.05, 0.1) is 6.10 Å². The van der Waals surface area contributed by atoms with Gasteiger partial charge >= 0.3 is 0 Å². The van der Waals surface area contributed by atoms with E-state index in [0.717, 1.165) is 5.75 Å². The SMILES string of the molecule is CC(C)OC(=S)SCC=Cc1ccccc1. The Kier molecular flexibility index (Phi) is 6.19. The lowest BCUT2D eigenvalue weighted by molar-refractivity contribution is 0.243. The van der Waals surface area contributed by atoms with Crippen LogP contribution in [0, 0.1) is 0 Å². The van der Waals surface area contributed by atoms with E-state index >= 15 is 0 Å². The highest BCUT2D eigenvalue weighted by atomic mass is 32.2. The molecule has 0 aliphatic carbocycles. The van der Waals surface area contributed by atoms with Gasteiger partial charge in [-0.15, -0.1) is 0 Å². The Bertz CT molecular complexity index is 344. The Labute approximate surface area is 107 Å². The summed E-state index contributed by atoms with van der Waals surface area (Å²) in [6.45, 7) is 3.96. The Morgan fingerprint density at radius 1 is 1.38 bits per heavy atom. The molecule has 0 fully saturated rings. The maximum absolute atomic E-state index is 5.36. The number of ether oxygens (including phenoxy) is 1. The predicted octanol–water partition coefficient (Wildman–Crippen LogP) is 4.14. The van der Waals surface area contributed by atoms with Crippen molar-refractivity contribution in [2.75, 3.05) is 5.75 Å². The summed E-state index contributed by atoms with van der Waals surface area (Å²) in [4.78, 5) is 0. The van der Waals surface area contributed by atoms with Crippen molar-refractivity contribution in [3.63, 3.8) is 0 Å². The molecule has 0 radical (unpaired) electrons. The fraction of sp³-hybridized carbons (Fsp3) is 0.308. The van der Waals surface area contributed by atoms with E-state index in [0.29, 0.717) is 4.38 Å². The molecule has 3 heteroatoms. The Balaban J connectivity index is 2.25. The third-order valence-corrected chi connectivity index (χ3v) is 2.88. The van der Waals surface area contributed by atoms with Gasteiger partial charge in [0.15, 0.2) is 0 Å². The molecule has 0 bridgehead atoms. The summed E-state index contributed by atoms with van der Waals surface area (Å²) in [5.74, 6) is 0.848. The second-order valence-electron chi connectivity index (χ2n) is 3.54. The number of thiocarbonyl (C=S) groups is 1. The van der Waals surface area contributed by atoms with Crippen LogP contribution in [0.3, 0.4) is 0 Å². The summed E-state index contributed by atoms with van der Waals surface area (Å²) in [5.41, 5.74) is 1.21. The molecule has 0 unspecified atom stereocenters. The average molecular weight is 252 g/mol. The van der Waals surface area contributed by atoms with Crippen molar-refractivity contribution in [1.82, 2.24) is 0 Å². The average Bonchev–Trinajstić information content (AvgIpc) is 2.25. The van der Waals surface area contributed by atoms with Crippen molar-refractivity contribution in [3.8, 4) is 0 Å². The highest BCUT2D eigenvalue weighted by Gasteiger charge is 1.99. The van der Waals surface area contributed by atoms with Crippen LogP contribution in [-0.4, -0.2) is 16.2 Å². The first-order valence-corrected chi connectivity index (χ1v) is 6.63. The Hall–Kier alpha value is -0.800. The predicted molar refractivity (Wildman–Crippen MR) is 76.8 cm³/mol. The molecule has 0 amide bonds. The van der Waals surface area contributed by atoms with Crippen molar-refractivity contribution in [3.05, 3.63) is 42.0 Å². The van der Waals surface area contributed by atoms with Crippen LogP contribution >= 0.6 is 24.0 Å². The minimum Gasteiger partial charge on any atom is -0.476 e. The first-order chi connectivity index (χ1) is 7.68. The quantitative estimate of drug-likeness (QED) is 0.745. The van der Waals surface area contributed by atoms with E-state index in [2.05, 4.69) is 24.3 Å². The maximum Gasteiger partial charge on any atom is 0.220 e. The van der Waals surface area contributed by atoms with E-state index < -0.39 is 0 Å². The van der Waals surface area contributed by atoms with Gasteiger partial charge < -0.3 is 4.74 Å². The fourth-order valence-electron chi connectivity index (χ4n) is 1.09. The lowest BCUT2D eigenvalue weighted by Crippen LogP contribution is -2.05. The molecule has 0 heterocycles. The van der Waals surface area contributed by atoms with Gasteiger partial charge in [-0.3, -0.25) is 0 Å². The van der Waals surface area contributed by atoms with Crippen LogP contribution in [0.1, 0.15) is 19.4 Å². The number of rotatable bonds is 4. The zero-order valence-electron chi connectivity index (χ0n) is 9.55. The largest absolute Gasteiger partial charge is 0.476 e. The topological polar surface area (TPSA) is 9.23 Å². The highest BCUT2D eigenvalue weighted by molar-refractivity contribution is 8.22. The second kappa shape index (κ2) is 7.47. The number of hydrogen-bond acceptors (Lipinski definition) is 3. The van der Waals surface area contributed by atoms with Gasteiger partial charge in [0.25, 0.3) is 0 Å². The molecule has 1 aromatic carbocycles. The molecule has 0 aliphatic rings. The van der Waals surface area contributed by atoms with Gasteiger partial charge in [-0.05, 0) is 31.6 Å². The summed E-state index contributed by atoms with van der Waals surface area (Å²) >= 11 is 6.61. The maximum atomic E-state index is 5.36. The fourth-order valence-corrected chi connectivity index (χ4v) is 2.08. The van der Waals surface area contributed by atoms with Crippen molar-refractivity contribution < 1.29 is 4.74 Å². The van der Waals surface area contributed by atoms with Crippen LogP contribution in [0.25, 0.3) is 6.08 Å². The molecule has 1 rings (SSSR count). The molecule has 16 heavy (non-hydrogen) atoms. The van der Waals surface area contributed by atoms with Gasteiger partial charge in [0.2, 0.25) is 4.38 Å². The molecule has 0 aromatic heterocycles. The third kappa shape index (κ3) is 5.93. The smallest absolute Gasteiger partial charge is 0.220 e. The molecule has 86 valence electrons. The third-order valence-electron chi connectivity index (χ3n) is 1.74. The van der Waals surface area contributed by atoms with E-state index in [1.165, 1.54) is 5.56 Å². The molecule has 1 aromatic rings. The first kappa shape index (κ1) is 13.3. The summed E-state index contributed by atoms with van der Waals surface area (Å²) in [7, 11) is 0. The molecule has 0 saturated carbocycles. The van der Waals surface area contributed by atoms with Crippen molar-refractivity contribution in [1.29, 1.82) is 0 Å². The van der Waals surface area contributed by atoms with Gasteiger partial charge in [0.1, 0.15) is 0 Å². The van der Waals surface area contributed by atoms with E-state index in [1.54, 1.807) is 11.8 Å². The van der Waals surface area contributed by atoms with Gasteiger partial charge in [-0.2, -0.15) is 0 Å². The molecule has 0 aliphatic heterocycles. The zero-order valence-corrected chi connectivity index (χ0v) is 11.2. The van der Waals surface area contributed by atoms with Gasteiger partial charge in [0, 0.05) is 5.75 Å². The standard InChI is InChI=1S/C13H16OS2/c1-11(2)14-13(15)16-10-6-9-12-7-4-3-5-8-12/h3-9,11H,10H2,1-2H3. The lowest BCUT2D eigenvalue weighted by atomic mass is 10.2. The molecule has 0 atom stereocenters. The monoisotopic (exact) mass is 252 g/mol. The second-order valence-corrected chi connectivity index (χ2v) is 5.16. The van der Waals surface area contributed by atoms with Crippen molar-refractivity contribution >= 4 is 34.4 Å². The number of thioether (sulfide) groups is 1. The van der Waals surface area contributed by atoms with Crippen LogP contribution in [-0.2, 0) is 4.74 Å². The van der Waals surface area contributed by atoms with Crippen LogP contribution in [0.15, 0.2) is 36.4 Å². The minimum absolute atomic E-state index is 0.165. The van der Waals surface area contributed by atoms with E-state index in [4.69, 9.17) is 17.0 Å². The van der Waals surface area contributed by atoms with E-state index in [1.807, 2.05) is 32.0 Å².